The monoisotopic (exact) mass is 355 g/mol. The highest BCUT2D eigenvalue weighted by Crippen LogP contribution is 2.28. The predicted octanol–water partition coefficient (Wildman–Crippen LogP) is 1.99. The van der Waals surface area contributed by atoms with Gasteiger partial charge in [-0.3, -0.25) is 4.79 Å². The Bertz CT molecular complexity index is 602. The molecule has 0 atom stereocenters. The van der Waals surface area contributed by atoms with Crippen LogP contribution in [0.5, 0.6) is 0 Å². The molecule has 0 bridgehead atoms. The second-order valence-corrected chi connectivity index (χ2v) is 6.13. The number of hydrogen-bond acceptors (Lipinski definition) is 5. The van der Waals surface area contributed by atoms with E-state index in [9.17, 15) is 4.79 Å². The van der Waals surface area contributed by atoms with Crippen molar-refractivity contribution in [3.05, 3.63) is 33.6 Å². The van der Waals surface area contributed by atoms with Gasteiger partial charge in [0.15, 0.2) is 5.82 Å². The van der Waals surface area contributed by atoms with Crippen LogP contribution in [0, 0.1) is 13.8 Å². The molecule has 2 rings (SSSR count). The van der Waals surface area contributed by atoms with Crippen molar-refractivity contribution in [1.82, 2.24) is 25.9 Å². The molecule has 0 saturated heterocycles. The number of thioether (sulfide) groups is 1. The molecule has 2 N–H and O–H groups in total. The molecule has 20 heavy (non-hydrogen) atoms. The van der Waals surface area contributed by atoms with E-state index in [1.54, 1.807) is 0 Å². The normalized spacial score (nSPS) is 10.6. The summed E-state index contributed by atoms with van der Waals surface area (Å²) in [6.07, 6.45) is 0. The van der Waals surface area contributed by atoms with E-state index in [2.05, 4.69) is 54.0 Å². The number of benzene rings is 1. The van der Waals surface area contributed by atoms with Crippen LogP contribution in [0.4, 0.5) is 0 Å². The van der Waals surface area contributed by atoms with Crippen LogP contribution in [0.25, 0.3) is 0 Å². The number of nitrogens with zero attached hydrogens (tertiary/aromatic N) is 3. The number of H-pyrrole nitrogens is 1. The van der Waals surface area contributed by atoms with Crippen molar-refractivity contribution in [2.75, 3.05) is 5.75 Å². The molecule has 1 amide bonds. The molecular formula is C12H14BrN5OS. The third-order valence-electron chi connectivity index (χ3n) is 2.65. The van der Waals surface area contributed by atoms with E-state index >= 15 is 0 Å². The van der Waals surface area contributed by atoms with Crippen molar-refractivity contribution in [2.45, 2.75) is 25.3 Å². The van der Waals surface area contributed by atoms with Crippen LogP contribution in [0.15, 0.2) is 21.5 Å². The molecule has 0 fully saturated rings. The van der Waals surface area contributed by atoms with Gasteiger partial charge in [-0.05, 0) is 37.1 Å². The lowest BCUT2D eigenvalue weighted by Crippen LogP contribution is -2.25. The van der Waals surface area contributed by atoms with Crippen LogP contribution in [0.1, 0.15) is 17.0 Å². The number of amides is 1. The van der Waals surface area contributed by atoms with E-state index in [4.69, 9.17) is 0 Å². The number of halogens is 1. The second-order valence-electron chi connectivity index (χ2n) is 4.26. The maximum absolute atomic E-state index is 11.7. The minimum Gasteiger partial charge on any atom is -0.348 e. The number of aromatic amines is 1. The van der Waals surface area contributed by atoms with Crippen molar-refractivity contribution in [3.63, 3.8) is 0 Å². The molecular weight excluding hydrogens is 342 g/mol. The first kappa shape index (κ1) is 15.0. The Hall–Kier alpha value is -1.41. The molecule has 0 aliphatic rings. The van der Waals surface area contributed by atoms with Crippen LogP contribution in [0.2, 0.25) is 0 Å². The number of aromatic nitrogens is 4. The highest BCUT2D eigenvalue weighted by Gasteiger charge is 2.08. The third kappa shape index (κ3) is 4.04. The van der Waals surface area contributed by atoms with Crippen molar-refractivity contribution >= 4 is 33.6 Å². The van der Waals surface area contributed by atoms with E-state index < -0.39 is 0 Å². The number of carbonyl (C=O) groups excluding carboxylic acids is 1. The van der Waals surface area contributed by atoms with Gasteiger partial charge in [-0.1, -0.05) is 21.1 Å². The number of nitrogens with one attached hydrogen (secondary N) is 2. The highest BCUT2D eigenvalue weighted by molar-refractivity contribution is 9.10. The molecule has 0 aliphatic carbocycles. The Morgan fingerprint density at radius 2 is 2.20 bits per heavy atom. The topological polar surface area (TPSA) is 83.6 Å². The summed E-state index contributed by atoms with van der Waals surface area (Å²) in [6.45, 7) is 4.35. The summed E-state index contributed by atoms with van der Waals surface area (Å²) >= 11 is 5.01. The van der Waals surface area contributed by atoms with E-state index in [-0.39, 0.29) is 12.5 Å². The van der Waals surface area contributed by atoms with Gasteiger partial charge >= 0.3 is 0 Å². The molecule has 0 unspecified atom stereocenters. The number of aryl methyl sites for hydroxylation is 2. The predicted molar refractivity (Wildman–Crippen MR) is 80.4 cm³/mol. The first-order chi connectivity index (χ1) is 9.56. The number of rotatable bonds is 5. The lowest BCUT2D eigenvalue weighted by molar-refractivity contribution is -0.118. The molecule has 1 aromatic carbocycles. The molecule has 106 valence electrons. The Labute approximate surface area is 129 Å². The Kier molecular flexibility index (Phi) is 5.13. The average molecular weight is 356 g/mol. The Balaban J connectivity index is 1.85. The quantitative estimate of drug-likeness (QED) is 0.801. The van der Waals surface area contributed by atoms with Crippen LogP contribution in [-0.4, -0.2) is 32.3 Å². The zero-order valence-corrected chi connectivity index (χ0v) is 13.5. The summed E-state index contributed by atoms with van der Waals surface area (Å²) in [7, 11) is 0. The average Bonchev–Trinajstić information content (AvgIpc) is 2.92. The van der Waals surface area contributed by atoms with Gasteiger partial charge in [0.1, 0.15) is 0 Å². The van der Waals surface area contributed by atoms with E-state index in [0.29, 0.717) is 11.6 Å². The lowest BCUT2D eigenvalue weighted by atomic mass is 10.2. The van der Waals surface area contributed by atoms with Crippen molar-refractivity contribution in [3.8, 4) is 0 Å². The summed E-state index contributed by atoms with van der Waals surface area (Å²) in [4.78, 5) is 12.9. The van der Waals surface area contributed by atoms with Crippen molar-refractivity contribution in [1.29, 1.82) is 0 Å². The minimum atomic E-state index is -0.0558. The Morgan fingerprint density at radius 1 is 1.40 bits per heavy atom. The maximum atomic E-state index is 11.7. The number of tetrazole rings is 1. The first-order valence-corrected chi connectivity index (χ1v) is 7.72. The second kappa shape index (κ2) is 6.85. The van der Waals surface area contributed by atoms with Crippen LogP contribution in [0.3, 0.4) is 0 Å². The van der Waals surface area contributed by atoms with Gasteiger partial charge in [-0.15, -0.1) is 22.0 Å². The van der Waals surface area contributed by atoms with Gasteiger partial charge in [0.05, 0.1) is 12.3 Å². The molecule has 8 heteroatoms. The largest absolute Gasteiger partial charge is 0.348 e. The molecule has 0 saturated carbocycles. The van der Waals surface area contributed by atoms with Gasteiger partial charge in [-0.25, -0.2) is 0 Å². The molecule has 1 aromatic heterocycles. The van der Waals surface area contributed by atoms with Gasteiger partial charge in [-0.2, -0.15) is 5.21 Å². The molecule has 0 spiro atoms. The fourth-order valence-corrected chi connectivity index (χ4v) is 2.93. The molecule has 6 nitrogen and oxygen atoms in total. The summed E-state index contributed by atoms with van der Waals surface area (Å²) in [5.74, 6) is 0.776. The van der Waals surface area contributed by atoms with E-state index in [1.165, 1.54) is 11.8 Å². The van der Waals surface area contributed by atoms with Crippen LogP contribution in [-0.2, 0) is 11.3 Å². The number of hydrogen-bond donors (Lipinski definition) is 2. The van der Waals surface area contributed by atoms with Crippen molar-refractivity contribution < 1.29 is 4.79 Å². The zero-order chi connectivity index (χ0) is 14.5. The fraction of sp³-hybridized carbons (Fsp3) is 0.333. The number of carbonyl (C=O) groups is 1. The third-order valence-corrected chi connectivity index (χ3v) is 4.66. The molecule has 0 aliphatic heterocycles. The van der Waals surface area contributed by atoms with E-state index in [1.807, 2.05) is 13.8 Å². The van der Waals surface area contributed by atoms with Gasteiger partial charge < -0.3 is 5.32 Å². The smallest absolute Gasteiger partial charge is 0.230 e. The summed E-state index contributed by atoms with van der Waals surface area (Å²) < 4.78 is 1.08. The minimum absolute atomic E-state index is 0.0558. The summed E-state index contributed by atoms with van der Waals surface area (Å²) in [5.41, 5.74) is 2.31. The zero-order valence-electron chi connectivity index (χ0n) is 11.1. The van der Waals surface area contributed by atoms with Gasteiger partial charge in [0, 0.05) is 9.37 Å². The van der Waals surface area contributed by atoms with Crippen LogP contribution >= 0.6 is 27.7 Å². The SMILES string of the molecule is Cc1cc(SCC(=O)NCc2nn[nH]n2)c(C)cc1Br. The lowest BCUT2D eigenvalue weighted by Gasteiger charge is -2.08. The van der Waals surface area contributed by atoms with Gasteiger partial charge in [0.25, 0.3) is 0 Å². The van der Waals surface area contributed by atoms with Crippen LogP contribution < -0.4 is 5.32 Å². The van der Waals surface area contributed by atoms with Crippen molar-refractivity contribution in [2.24, 2.45) is 0 Å². The Morgan fingerprint density at radius 3 is 2.90 bits per heavy atom. The molecule has 2 aromatic rings. The summed E-state index contributed by atoms with van der Waals surface area (Å²) in [5, 5.41) is 16.0. The maximum Gasteiger partial charge on any atom is 0.230 e. The fourth-order valence-electron chi connectivity index (χ4n) is 1.54. The standard InChI is InChI=1S/C12H14BrN5OS/c1-7-4-10(8(2)3-9(7)13)20-6-12(19)14-5-11-15-17-18-16-11/h3-4H,5-6H2,1-2H3,(H,14,19)(H,15,16,17,18). The van der Waals surface area contributed by atoms with Gasteiger partial charge in [0.2, 0.25) is 5.91 Å². The molecule has 0 radical (unpaired) electrons. The van der Waals surface area contributed by atoms with E-state index in [0.717, 1.165) is 20.5 Å². The highest BCUT2D eigenvalue weighted by atomic mass is 79.9. The molecule has 1 heterocycles. The summed E-state index contributed by atoms with van der Waals surface area (Å²) in [6, 6.07) is 4.14. The first-order valence-electron chi connectivity index (χ1n) is 5.95.